The van der Waals surface area contributed by atoms with Gasteiger partial charge in [0.15, 0.2) is 0 Å². The molecule has 0 bridgehead atoms. The molecule has 0 aliphatic heterocycles. The summed E-state index contributed by atoms with van der Waals surface area (Å²) in [5.41, 5.74) is 3.55. The average Bonchev–Trinajstić information content (AvgIpc) is 2.47. The fourth-order valence-electron chi connectivity index (χ4n) is 2.14. The van der Waals surface area contributed by atoms with Crippen molar-refractivity contribution in [3.8, 4) is 11.1 Å². The Balaban J connectivity index is 2.40. The molecule has 0 unspecified atom stereocenters. The summed E-state index contributed by atoms with van der Waals surface area (Å²) in [7, 11) is 0. The molecule has 0 saturated heterocycles. The lowest BCUT2D eigenvalue weighted by Gasteiger charge is -2.10. The summed E-state index contributed by atoms with van der Waals surface area (Å²) in [6.07, 6.45) is 0.792. The molecule has 0 N–H and O–H groups in total. The minimum Gasteiger partial charge on any atom is -0.462 e. The minimum atomic E-state index is -0.312. The molecular weight excluding hydrogens is 255 g/mol. The Morgan fingerprint density at radius 2 is 1.80 bits per heavy atom. The highest BCUT2D eigenvalue weighted by Gasteiger charge is 2.10. The van der Waals surface area contributed by atoms with Crippen molar-refractivity contribution in [1.82, 2.24) is 0 Å². The van der Waals surface area contributed by atoms with Gasteiger partial charge in [-0.1, -0.05) is 25.1 Å². The van der Waals surface area contributed by atoms with Crippen LogP contribution in [0.15, 0.2) is 42.5 Å². The highest BCUT2D eigenvalue weighted by atomic mass is 19.1. The van der Waals surface area contributed by atoms with Gasteiger partial charge < -0.3 is 4.74 Å². The van der Waals surface area contributed by atoms with Gasteiger partial charge in [0.05, 0.1) is 12.2 Å². The second-order valence-corrected chi connectivity index (χ2v) is 4.45. The number of esters is 1. The Labute approximate surface area is 118 Å². The van der Waals surface area contributed by atoms with E-state index >= 15 is 0 Å². The monoisotopic (exact) mass is 272 g/mol. The van der Waals surface area contributed by atoms with Crippen molar-refractivity contribution < 1.29 is 13.9 Å². The van der Waals surface area contributed by atoms with Crippen LogP contribution in [0.4, 0.5) is 4.39 Å². The Hall–Kier alpha value is -2.16. The highest BCUT2D eigenvalue weighted by molar-refractivity contribution is 5.90. The first-order chi connectivity index (χ1) is 9.65. The molecular formula is C17H17FO2. The van der Waals surface area contributed by atoms with Gasteiger partial charge in [0.1, 0.15) is 5.82 Å². The zero-order chi connectivity index (χ0) is 14.5. The summed E-state index contributed by atoms with van der Waals surface area (Å²) in [6.45, 7) is 4.17. The van der Waals surface area contributed by atoms with Crippen molar-refractivity contribution in [2.45, 2.75) is 20.3 Å². The van der Waals surface area contributed by atoms with E-state index in [0.29, 0.717) is 12.2 Å². The number of benzene rings is 2. The molecule has 3 heteroatoms. The Kier molecular flexibility index (Phi) is 4.51. The number of carbonyl (C=O) groups is 1. The molecule has 0 radical (unpaired) electrons. The number of hydrogen-bond acceptors (Lipinski definition) is 2. The first-order valence-electron chi connectivity index (χ1n) is 6.71. The van der Waals surface area contributed by atoms with Crippen LogP contribution in [-0.4, -0.2) is 12.6 Å². The van der Waals surface area contributed by atoms with E-state index in [1.165, 1.54) is 12.1 Å². The molecule has 0 atom stereocenters. The number of carbonyl (C=O) groups excluding carboxylic acids is 1. The van der Waals surface area contributed by atoms with E-state index in [2.05, 4.69) is 0 Å². The third-order valence-electron chi connectivity index (χ3n) is 3.15. The van der Waals surface area contributed by atoms with Crippen LogP contribution in [0.25, 0.3) is 11.1 Å². The lowest BCUT2D eigenvalue weighted by molar-refractivity contribution is 0.0526. The summed E-state index contributed by atoms with van der Waals surface area (Å²) in [4.78, 5) is 11.7. The van der Waals surface area contributed by atoms with Gasteiger partial charge in [0, 0.05) is 0 Å². The van der Waals surface area contributed by atoms with Crippen molar-refractivity contribution in [2.24, 2.45) is 0 Å². The first kappa shape index (κ1) is 14.3. The summed E-state index contributed by atoms with van der Waals surface area (Å²) >= 11 is 0. The first-order valence-corrected chi connectivity index (χ1v) is 6.71. The summed E-state index contributed by atoms with van der Waals surface area (Å²) in [5.74, 6) is -0.567. The molecule has 0 saturated carbocycles. The van der Waals surface area contributed by atoms with Crippen LogP contribution in [0.5, 0.6) is 0 Å². The fraction of sp³-hybridized carbons (Fsp3) is 0.235. The zero-order valence-corrected chi connectivity index (χ0v) is 11.7. The van der Waals surface area contributed by atoms with Gasteiger partial charge in [0.25, 0.3) is 0 Å². The third-order valence-corrected chi connectivity index (χ3v) is 3.15. The van der Waals surface area contributed by atoms with Crippen LogP contribution in [0.3, 0.4) is 0 Å². The third kappa shape index (κ3) is 3.05. The summed E-state index contributed by atoms with van der Waals surface area (Å²) < 4.78 is 18.0. The molecule has 0 aromatic heterocycles. The Morgan fingerprint density at radius 1 is 1.10 bits per heavy atom. The molecule has 0 aliphatic carbocycles. The van der Waals surface area contributed by atoms with Crippen LogP contribution in [0.2, 0.25) is 0 Å². The van der Waals surface area contributed by atoms with Crippen molar-refractivity contribution in [1.29, 1.82) is 0 Å². The lowest BCUT2D eigenvalue weighted by Crippen LogP contribution is -2.05. The number of halogens is 1. The maximum absolute atomic E-state index is 13.0. The maximum atomic E-state index is 13.0. The largest absolute Gasteiger partial charge is 0.462 e. The van der Waals surface area contributed by atoms with E-state index in [1.54, 1.807) is 25.1 Å². The zero-order valence-electron chi connectivity index (χ0n) is 11.7. The van der Waals surface area contributed by atoms with Gasteiger partial charge in [-0.3, -0.25) is 0 Å². The lowest BCUT2D eigenvalue weighted by atomic mass is 9.96. The van der Waals surface area contributed by atoms with Gasteiger partial charge in [-0.15, -0.1) is 0 Å². The predicted octanol–water partition coefficient (Wildman–Crippen LogP) is 4.23. The van der Waals surface area contributed by atoms with Gasteiger partial charge in [0.2, 0.25) is 0 Å². The second kappa shape index (κ2) is 6.33. The molecule has 0 heterocycles. The van der Waals surface area contributed by atoms with E-state index in [9.17, 15) is 9.18 Å². The Bertz CT molecular complexity index is 603. The molecule has 2 aromatic carbocycles. The molecule has 0 spiro atoms. The number of rotatable bonds is 4. The van der Waals surface area contributed by atoms with Gasteiger partial charge in [-0.25, -0.2) is 9.18 Å². The normalized spacial score (nSPS) is 10.3. The molecule has 2 aromatic rings. The average molecular weight is 272 g/mol. The van der Waals surface area contributed by atoms with Crippen molar-refractivity contribution in [2.75, 3.05) is 6.61 Å². The van der Waals surface area contributed by atoms with E-state index in [1.807, 2.05) is 19.1 Å². The van der Waals surface area contributed by atoms with Crippen molar-refractivity contribution in [3.63, 3.8) is 0 Å². The second-order valence-electron chi connectivity index (χ2n) is 4.45. The van der Waals surface area contributed by atoms with Crippen LogP contribution in [0, 0.1) is 5.82 Å². The molecule has 0 amide bonds. The van der Waals surface area contributed by atoms with Crippen LogP contribution < -0.4 is 0 Å². The van der Waals surface area contributed by atoms with Crippen molar-refractivity contribution in [3.05, 3.63) is 59.4 Å². The summed E-state index contributed by atoms with van der Waals surface area (Å²) in [6, 6.07) is 11.8. The van der Waals surface area contributed by atoms with Gasteiger partial charge >= 0.3 is 5.97 Å². The SMILES string of the molecule is CCOC(=O)c1ccc(-c2ccc(F)cc2)c(CC)c1. The predicted molar refractivity (Wildman–Crippen MR) is 77.2 cm³/mol. The number of aryl methyl sites for hydroxylation is 1. The molecule has 2 nitrogen and oxygen atoms in total. The maximum Gasteiger partial charge on any atom is 0.338 e. The standard InChI is InChI=1S/C17H17FO2/c1-3-12-11-14(17(19)20-4-2)7-10-16(12)13-5-8-15(18)9-6-13/h5-11H,3-4H2,1-2H3. The van der Waals surface area contributed by atoms with E-state index in [0.717, 1.165) is 23.1 Å². The van der Waals surface area contributed by atoms with Crippen LogP contribution in [-0.2, 0) is 11.2 Å². The van der Waals surface area contributed by atoms with Crippen LogP contribution in [0.1, 0.15) is 29.8 Å². The molecule has 20 heavy (non-hydrogen) atoms. The quantitative estimate of drug-likeness (QED) is 0.778. The van der Waals surface area contributed by atoms with E-state index in [4.69, 9.17) is 4.74 Å². The molecule has 104 valence electrons. The van der Waals surface area contributed by atoms with Crippen molar-refractivity contribution >= 4 is 5.97 Å². The highest BCUT2D eigenvalue weighted by Crippen LogP contribution is 2.26. The van der Waals surface area contributed by atoms with Gasteiger partial charge in [-0.05, 0) is 54.3 Å². The van der Waals surface area contributed by atoms with E-state index < -0.39 is 0 Å². The molecule has 2 rings (SSSR count). The van der Waals surface area contributed by atoms with E-state index in [-0.39, 0.29) is 11.8 Å². The summed E-state index contributed by atoms with van der Waals surface area (Å²) in [5, 5.41) is 0. The molecule has 0 aliphatic rings. The Morgan fingerprint density at radius 3 is 2.40 bits per heavy atom. The number of hydrogen-bond donors (Lipinski definition) is 0. The topological polar surface area (TPSA) is 26.3 Å². The van der Waals surface area contributed by atoms with Crippen LogP contribution >= 0.6 is 0 Å². The minimum absolute atomic E-state index is 0.255. The fourth-order valence-corrected chi connectivity index (χ4v) is 2.14. The molecule has 0 fully saturated rings. The number of ether oxygens (including phenoxy) is 1. The van der Waals surface area contributed by atoms with Gasteiger partial charge in [-0.2, -0.15) is 0 Å². The smallest absolute Gasteiger partial charge is 0.338 e.